The number of hydrogen-bond donors (Lipinski definition) is 1. The molecule has 5 heteroatoms. The molecule has 2 saturated heterocycles. The molecular weight excluding hydrogens is 278 g/mol. The molecule has 0 aliphatic carbocycles. The molecule has 1 amide bonds. The van der Waals surface area contributed by atoms with Crippen LogP contribution in [0.3, 0.4) is 0 Å². The predicted octanol–water partition coefficient (Wildman–Crippen LogP) is 1.88. The summed E-state index contributed by atoms with van der Waals surface area (Å²) in [4.78, 5) is 17.3. The van der Waals surface area contributed by atoms with E-state index >= 15 is 0 Å². The summed E-state index contributed by atoms with van der Waals surface area (Å²) in [5.41, 5.74) is 0.903. The smallest absolute Gasteiger partial charge is 0.287 e. The van der Waals surface area contributed by atoms with Gasteiger partial charge in [0.25, 0.3) is 5.91 Å². The Morgan fingerprint density at radius 2 is 2.05 bits per heavy atom. The van der Waals surface area contributed by atoms with E-state index in [-0.39, 0.29) is 11.9 Å². The molecule has 0 unspecified atom stereocenters. The number of nitrogens with zero attached hydrogens (tertiary/aromatic N) is 2. The van der Waals surface area contributed by atoms with E-state index in [9.17, 15) is 4.79 Å². The van der Waals surface area contributed by atoms with Crippen LogP contribution in [-0.2, 0) is 0 Å². The van der Waals surface area contributed by atoms with E-state index < -0.39 is 0 Å². The maximum Gasteiger partial charge on any atom is 0.287 e. The largest absolute Gasteiger partial charge is 0.459 e. The molecule has 122 valence electrons. The maximum atomic E-state index is 12.3. The quantitative estimate of drug-likeness (QED) is 0.926. The van der Waals surface area contributed by atoms with Crippen LogP contribution < -0.4 is 5.32 Å². The first-order chi connectivity index (χ1) is 10.6. The van der Waals surface area contributed by atoms with Gasteiger partial charge in [-0.15, -0.1) is 0 Å². The van der Waals surface area contributed by atoms with E-state index in [0.717, 1.165) is 24.9 Å². The van der Waals surface area contributed by atoms with Crippen LogP contribution in [0.2, 0.25) is 0 Å². The van der Waals surface area contributed by atoms with Crippen molar-refractivity contribution in [1.29, 1.82) is 0 Å². The molecule has 1 aromatic heterocycles. The number of piperidine rings is 2. The zero-order chi connectivity index (χ0) is 15.5. The Morgan fingerprint density at radius 3 is 2.73 bits per heavy atom. The SMILES string of the molecule is Cc1ccoc1C(=O)N[C@H]1CCCN(C2CCN(C)CC2)C1. The molecule has 2 aliphatic heterocycles. The molecule has 22 heavy (non-hydrogen) atoms. The van der Waals surface area contributed by atoms with E-state index in [4.69, 9.17) is 4.42 Å². The molecule has 3 rings (SSSR count). The van der Waals surface area contributed by atoms with Crippen LogP contribution in [0.1, 0.15) is 41.8 Å². The topological polar surface area (TPSA) is 48.7 Å². The van der Waals surface area contributed by atoms with Crippen LogP contribution in [0.25, 0.3) is 0 Å². The lowest BCUT2D eigenvalue weighted by Crippen LogP contribution is -2.53. The van der Waals surface area contributed by atoms with Crippen molar-refractivity contribution in [3.05, 3.63) is 23.7 Å². The first-order valence-electron chi connectivity index (χ1n) is 8.41. The summed E-state index contributed by atoms with van der Waals surface area (Å²) in [5.74, 6) is 0.383. The zero-order valence-corrected chi connectivity index (χ0v) is 13.7. The molecule has 0 radical (unpaired) electrons. The fraction of sp³-hybridized carbons (Fsp3) is 0.706. The van der Waals surface area contributed by atoms with Gasteiger partial charge in [-0.1, -0.05) is 0 Å². The van der Waals surface area contributed by atoms with E-state index in [0.29, 0.717) is 11.8 Å². The Morgan fingerprint density at radius 1 is 1.27 bits per heavy atom. The molecule has 2 aliphatic rings. The number of amides is 1. The van der Waals surface area contributed by atoms with E-state index in [1.54, 1.807) is 6.26 Å². The van der Waals surface area contributed by atoms with Gasteiger partial charge in [0.1, 0.15) is 0 Å². The van der Waals surface area contributed by atoms with Crippen molar-refractivity contribution in [2.75, 3.05) is 33.2 Å². The molecule has 2 fully saturated rings. The van der Waals surface area contributed by atoms with Crippen LogP contribution in [-0.4, -0.2) is 61.0 Å². The van der Waals surface area contributed by atoms with Gasteiger partial charge in [0.2, 0.25) is 0 Å². The Kier molecular flexibility index (Phi) is 4.84. The number of likely N-dealkylation sites (tertiary alicyclic amines) is 2. The lowest BCUT2D eigenvalue weighted by atomic mass is 9.98. The van der Waals surface area contributed by atoms with Gasteiger partial charge in [-0.05, 0) is 65.4 Å². The highest BCUT2D eigenvalue weighted by Crippen LogP contribution is 2.21. The minimum Gasteiger partial charge on any atom is -0.459 e. The first kappa shape index (κ1) is 15.6. The number of aryl methyl sites for hydroxylation is 1. The van der Waals surface area contributed by atoms with Gasteiger partial charge in [0.05, 0.1) is 6.26 Å². The second kappa shape index (κ2) is 6.84. The van der Waals surface area contributed by atoms with Gasteiger partial charge in [-0.2, -0.15) is 0 Å². The van der Waals surface area contributed by atoms with Crippen LogP contribution in [0.4, 0.5) is 0 Å². The standard InChI is InChI=1S/C17H27N3O2/c1-13-7-11-22-16(13)17(21)18-14-4-3-8-20(12-14)15-5-9-19(2)10-6-15/h7,11,14-15H,3-6,8-10,12H2,1-2H3,(H,18,21)/t14-/m0/s1. The average molecular weight is 305 g/mol. The van der Waals surface area contributed by atoms with Crippen molar-refractivity contribution in [1.82, 2.24) is 15.1 Å². The zero-order valence-electron chi connectivity index (χ0n) is 13.7. The van der Waals surface area contributed by atoms with Crippen LogP contribution in [0.15, 0.2) is 16.7 Å². The molecule has 1 aromatic rings. The second-order valence-corrected chi connectivity index (χ2v) is 6.77. The summed E-state index contributed by atoms with van der Waals surface area (Å²) in [6.07, 6.45) is 6.29. The third-order valence-electron chi connectivity index (χ3n) is 5.06. The highest BCUT2D eigenvalue weighted by Gasteiger charge is 2.29. The lowest BCUT2D eigenvalue weighted by molar-refractivity contribution is 0.0749. The average Bonchev–Trinajstić information content (AvgIpc) is 2.94. The second-order valence-electron chi connectivity index (χ2n) is 6.77. The molecule has 0 saturated carbocycles. The Bertz CT molecular complexity index is 506. The molecule has 1 atom stereocenters. The summed E-state index contributed by atoms with van der Waals surface area (Å²) in [6.45, 7) is 6.41. The van der Waals surface area contributed by atoms with Gasteiger partial charge in [0.15, 0.2) is 5.76 Å². The van der Waals surface area contributed by atoms with Crippen molar-refractivity contribution in [2.45, 2.75) is 44.7 Å². The van der Waals surface area contributed by atoms with Crippen molar-refractivity contribution in [3.63, 3.8) is 0 Å². The Balaban J connectivity index is 1.54. The number of furan rings is 1. The number of hydrogen-bond acceptors (Lipinski definition) is 4. The number of nitrogens with one attached hydrogen (secondary N) is 1. The van der Waals surface area contributed by atoms with Gasteiger partial charge in [-0.3, -0.25) is 9.69 Å². The van der Waals surface area contributed by atoms with Gasteiger partial charge in [0, 0.05) is 24.2 Å². The van der Waals surface area contributed by atoms with Crippen LogP contribution in [0.5, 0.6) is 0 Å². The molecule has 1 N–H and O–H groups in total. The van der Waals surface area contributed by atoms with Crippen molar-refractivity contribution < 1.29 is 9.21 Å². The van der Waals surface area contributed by atoms with E-state index in [1.165, 1.54) is 32.5 Å². The monoisotopic (exact) mass is 305 g/mol. The number of carbonyl (C=O) groups is 1. The molecule has 0 bridgehead atoms. The first-order valence-corrected chi connectivity index (χ1v) is 8.41. The summed E-state index contributed by atoms with van der Waals surface area (Å²) in [6, 6.07) is 2.76. The van der Waals surface area contributed by atoms with Gasteiger partial charge < -0.3 is 14.6 Å². The highest BCUT2D eigenvalue weighted by atomic mass is 16.3. The van der Waals surface area contributed by atoms with Gasteiger partial charge >= 0.3 is 0 Å². The molecule has 5 nitrogen and oxygen atoms in total. The highest BCUT2D eigenvalue weighted by molar-refractivity contribution is 5.93. The van der Waals surface area contributed by atoms with E-state index in [1.807, 2.05) is 13.0 Å². The summed E-state index contributed by atoms with van der Waals surface area (Å²) >= 11 is 0. The van der Waals surface area contributed by atoms with Crippen molar-refractivity contribution >= 4 is 5.91 Å². The maximum absolute atomic E-state index is 12.3. The minimum atomic E-state index is -0.0715. The summed E-state index contributed by atoms with van der Waals surface area (Å²) < 4.78 is 5.29. The van der Waals surface area contributed by atoms with Gasteiger partial charge in [-0.25, -0.2) is 0 Å². The Hall–Kier alpha value is -1.33. The predicted molar refractivity (Wildman–Crippen MR) is 86.0 cm³/mol. The van der Waals surface area contributed by atoms with Crippen molar-refractivity contribution in [3.8, 4) is 0 Å². The van der Waals surface area contributed by atoms with Crippen molar-refractivity contribution in [2.24, 2.45) is 0 Å². The fourth-order valence-electron chi connectivity index (χ4n) is 3.67. The minimum absolute atomic E-state index is 0.0715. The third-order valence-corrected chi connectivity index (χ3v) is 5.06. The molecule has 3 heterocycles. The summed E-state index contributed by atoms with van der Waals surface area (Å²) in [7, 11) is 2.20. The van der Waals surface area contributed by atoms with E-state index in [2.05, 4.69) is 22.2 Å². The van der Waals surface area contributed by atoms with Crippen LogP contribution in [0, 0.1) is 6.92 Å². The molecule has 0 aromatic carbocycles. The normalized spacial score (nSPS) is 25.3. The number of carbonyl (C=O) groups excluding carboxylic acids is 1. The molecule has 0 spiro atoms. The third kappa shape index (κ3) is 3.52. The Labute approximate surface area is 132 Å². The lowest BCUT2D eigenvalue weighted by Gasteiger charge is -2.41. The fourth-order valence-corrected chi connectivity index (χ4v) is 3.67. The summed E-state index contributed by atoms with van der Waals surface area (Å²) in [5, 5.41) is 3.16. The van der Waals surface area contributed by atoms with Crippen LogP contribution >= 0.6 is 0 Å². The number of rotatable bonds is 3. The molecular formula is C17H27N3O2.